The Kier molecular flexibility index (Phi) is 5.28. The molecule has 1 aliphatic carbocycles. The number of alkyl halides is 3. The number of rotatable bonds is 7. The highest BCUT2D eigenvalue weighted by Gasteiger charge is 2.60. The molecule has 5 nitrogen and oxygen atoms in total. The molecule has 0 amide bonds. The Morgan fingerprint density at radius 1 is 1.06 bits per heavy atom. The van der Waals surface area contributed by atoms with Crippen LogP contribution in [0.15, 0.2) is 48.7 Å². The van der Waals surface area contributed by atoms with Gasteiger partial charge >= 0.3 is 6.18 Å². The molecule has 0 spiro atoms. The van der Waals surface area contributed by atoms with Gasteiger partial charge in [-0.3, -0.25) is 4.98 Å². The zero-order chi connectivity index (χ0) is 22.3. The van der Waals surface area contributed by atoms with Crippen LogP contribution in [0.2, 0.25) is 0 Å². The van der Waals surface area contributed by atoms with E-state index in [-0.39, 0.29) is 5.41 Å². The van der Waals surface area contributed by atoms with Crippen LogP contribution in [0.4, 0.5) is 13.2 Å². The van der Waals surface area contributed by atoms with Gasteiger partial charge < -0.3 is 9.47 Å². The van der Waals surface area contributed by atoms with E-state index in [1.807, 2.05) is 37.4 Å². The van der Waals surface area contributed by atoms with Crippen LogP contribution in [0.3, 0.4) is 0 Å². The summed E-state index contributed by atoms with van der Waals surface area (Å²) in [5.41, 5.74) is 1.20. The summed E-state index contributed by atoms with van der Waals surface area (Å²) in [6.07, 6.45) is 1.06. The van der Waals surface area contributed by atoms with Crippen LogP contribution < -0.4 is 0 Å². The maximum absolute atomic E-state index is 12.8. The number of fused-ring (bicyclic) bond motifs is 1. The summed E-state index contributed by atoms with van der Waals surface area (Å²) < 4.78 is 40.4. The summed E-state index contributed by atoms with van der Waals surface area (Å²) in [7, 11) is 2.01. The molecular formula is C24H26F3N5. The molecule has 1 aromatic carbocycles. The van der Waals surface area contributed by atoms with Crippen molar-refractivity contribution in [1.82, 2.24) is 24.6 Å². The van der Waals surface area contributed by atoms with E-state index < -0.39 is 11.9 Å². The number of unbranched alkanes of at least 4 members (excludes halogenated alkanes) is 1. The SMILES string of the molecule is Cn1c(CCCCN2CC3CC3(c3ccc(C(F)(F)F)nc3)C2)nnc1-c1ccccc1. The average molecular weight is 442 g/mol. The predicted molar refractivity (Wildman–Crippen MR) is 115 cm³/mol. The molecule has 0 bridgehead atoms. The first kappa shape index (κ1) is 21.1. The summed E-state index contributed by atoms with van der Waals surface area (Å²) in [6.45, 7) is 2.92. The minimum Gasteiger partial charge on any atom is -0.314 e. The maximum Gasteiger partial charge on any atom is 0.433 e. The van der Waals surface area contributed by atoms with Gasteiger partial charge in [0.05, 0.1) is 0 Å². The molecule has 3 aromatic rings. The number of hydrogen-bond acceptors (Lipinski definition) is 4. The molecule has 32 heavy (non-hydrogen) atoms. The number of nitrogens with zero attached hydrogens (tertiary/aromatic N) is 5. The normalized spacial score (nSPS) is 22.8. The van der Waals surface area contributed by atoms with Crippen LogP contribution in [-0.4, -0.2) is 44.3 Å². The second-order valence-corrected chi connectivity index (χ2v) is 9.04. The van der Waals surface area contributed by atoms with E-state index in [9.17, 15) is 13.2 Å². The quantitative estimate of drug-likeness (QED) is 0.507. The van der Waals surface area contributed by atoms with Crippen molar-refractivity contribution >= 4 is 0 Å². The highest BCUT2D eigenvalue weighted by atomic mass is 19.4. The Morgan fingerprint density at radius 2 is 1.88 bits per heavy atom. The summed E-state index contributed by atoms with van der Waals surface area (Å²) >= 11 is 0. The van der Waals surface area contributed by atoms with Gasteiger partial charge in [0.1, 0.15) is 11.5 Å². The summed E-state index contributed by atoms with van der Waals surface area (Å²) in [5.74, 6) is 2.40. The van der Waals surface area contributed by atoms with Gasteiger partial charge in [-0.1, -0.05) is 36.4 Å². The van der Waals surface area contributed by atoms with E-state index in [4.69, 9.17) is 0 Å². The van der Waals surface area contributed by atoms with Crippen molar-refractivity contribution in [1.29, 1.82) is 0 Å². The molecule has 0 N–H and O–H groups in total. The minimum atomic E-state index is -4.38. The molecular weight excluding hydrogens is 415 g/mol. The van der Waals surface area contributed by atoms with Crippen LogP contribution >= 0.6 is 0 Å². The predicted octanol–water partition coefficient (Wildman–Crippen LogP) is 4.49. The van der Waals surface area contributed by atoms with Crippen LogP contribution in [-0.2, 0) is 25.1 Å². The van der Waals surface area contributed by atoms with Crippen LogP contribution in [0, 0.1) is 5.92 Å². The third kappa shape index (κ3) is 3.92. The van der Waals surface area contributed by atoms with Crippen molar-refractivity contribution in [2.24, 2.45) is 13.0 Å². The first-order chi connectivity index (χ1) is 15.4. The number of aromatic nitrogens is 4. The van der Waals surface area contributed by atoms with Gasteiger partial charge in [-0.2, -0.15) is 13.2 Å². The number of piperidine rings is 1. The van der Waals surface area contributed by atoms with E-state index in [1.165, 1.54) is 6.20 Å². The number of pyridine rings is 1. The molecule has 0 radical (unpaired) electrons. The minimum absolute atomic E-state index is 0.00527. The second kappa shape index (κ2) is 7.99. The lowest BCUT2D eigenvalue weighted by Crippen LogP contribution is -2.27. The number of benzene rings is 1. The van der Waals surface area contributed by atoms with Crippen molar-refractivity contribution < 1.29 is 13.2 Å². The number of halogens is 3. The molecule has 168 valence electrons. The fourth-order valence-corrected chi connectivity index (χ4v) is 5.10. The third-order valence-corrected chi connectivity index (χ3v) is 6.97. The van der Waals surface area contributed by atoms with E-state index in [1.54, 1.807) is 6.07 Å². The molecule has 2 unspecified atom stereocenters. The molecule has 2 atom stereocenters. The Hall–Kier alpha value is -2.74. The molecule has 1 aliphatic heterocycles. The van der Waals surface area contributed by atoms with E-state index in [2.05, 4.69) is 24.6 Å². The van der Waals surface area contributed by atoms with Gasteiger partial charge in [0, 0.05) is 43.7 Å². The standard InChI is InChI=1S/C24H26F3N5/c1-31-21(29-30-22(31)17-7-3-2-4-8-17)9-5-6-12-32-15-19-13-23(19,16-32)18-10-11-20(28-14-18)24(25,26)27/h2-4,7-8,10-11,14,19H,5-6,9,12-13,15-16H2,1H3. The van der Waals surface area contributed by atoms with Gasteiger partial charge in [0.25, 0.3) is 0 Å². The van der Waals surface area contributed by atoms with Crippen molar-refractivity contribution in [3.05, 3.63) is 65.7 Å². The topological polar surface area (TPSA) is 46.8 Å². The van der Waals surface area contributed by atoms with Crippen LogP contribution in [0.1, 0.15) is 36.3 Å². The molecule has 2 aromatic heterocycles. The van der Waals surface area contributed by atoms with Crippen LogP contribution in [0.5, 0.6) is 0 Å². The van der Waals surface area contributed by atoms with Crippen molar-refractivity contribution in [2.45, 2.75) is 37.3 Å². The van der Waals surface area contributed by atoms with Gasteiger partial charge in [-0.05, 0) is 43.4 Å². The van der Waals surface area contributed by atoms with Gasteiger partial charge in [-0.15, -0.1) is 10.2 Å². The lowest BCUT2D eigenvalue weighted by atomic mass is 9.96. The van der Waals surface area contributed by atoms with Crippen LogP contribution in [0.25, 0.3) is 11.4 Å². The van der Waals surface area contributed by atoms with Crippen molar-refractivity contribution in [3.8, 4) is 11.4 Å². The summed E-state index contributed by atoms with van der Waals surface area (Å²) in [5, 5.41) is 8.72. The number of hydrogen-bond donors (Lipinski definition) is 0. The average Bonchev–Trinajstić information content (AvgIpc) is 3.16. The fraction of sp³-hybridized carbons (Fsp3) is 0.458. The Morgan fingerprint density at radius 3 is 2.59 bits per heavy atom. The lowest BCUT2D eigenvalue weighted by Gasteiger charge is -2.21. The molecule has 1 saturated heterocycles. The van der Waals surface area contributed by atoms with Gasteiger partial charge in [0.2, 0.25) is 0 Å². The monoisotopic (exact) mass is 441 g/mol. The van der Waals surface area contributed by atoms with E-state index >= 15 is 0 Å². The Balaban J connectivity index is 1.12. The van der Waals surface area contributed by atoms with Gasteiger partial charge in [0.15, 0.2) is 5.82 Å². The van der Waals surface area contributed by atoms with Crippen molar-refractivity contribution in [3.63, 3.8) is 0 Å². The highest BCUT2D eigenvalue weighted by molar-refractivity contribution is 5.54. The molecule has 5 rings (SSSR count). The summed E-state index contributed by atoms with van der Waals surface area (Å²) in [6, 6.07) is 12.8. The number of likely N-dealkylation sites (tertiary alicyclic amines) is 1. The van der Waals surface area contributed by atoms with Gasteiger partial charge in [-0.25, -0.2) is 0 Å². The Bertz CT molecular complexity index is 1080. The summed E-state index contributed by atoms with van der Waals surface area (Å²) in [4.78, 5) is 6.12. The fourth-order valence-electron chi connectivity index (χ4n) is 5.10. The maximum atomic E-state index is 12.8. The third-order valence-electron chi connectivity index (χ3n) is 6.97. The molecule has 2 aliphatic rings. The largest absolute Gasteiger partial charge is 0.433 e. The second-order valence-electron chi connectivity index (χ2n) is 9.04. The van der Waals surface area contributed by atoms with Crippen molar-refractivity contribution in [2.75, 3.05) is 19.6 Å². The first-order valence-electron chi connectivity index (χ1n) is 11.1. The first-order valence-corrected chi connectivity index (χ1v) is 11.1. The Labute approximate surface area is 185 Å². The molecule has 3 heterocycles. The molecule has 2 fully saturated rings. The highest BCUT2D eigenvalue weighted by Crippen LogP contribution is 2.58. The molecule has 1 saturated carbocycles. The zero-order valence-electron chi connectivity index (χ0n) is 18.0. The zero-order valence-corrected chi connectivity index (χ0v) is 18.0. The molecule has 8 heteroatoms. The van der Waals surface area contributed by atoms with E-state index in [0.717, 1.165) is 74.2 Å². The smallest absolute Gasteiger partial charge is 0.314 e. The lowest BCUT2D eigenvalue weighted by molar-refractivity contribution is -0.141. The van der Waals surface area contributed by atoms with E-state index in [0.29, 0.717) is 5.92 Å². The number of aryl methyl sites for hydroxylation is 1.